The second-order valence-corrected chi connectivity index (χ2v) is 7.28. The van der Waals surface area contributed by atoms with Crippen LogP contribution >= 0.6 is 24.2 Å². The third-order valence-corrected chi connectivity index (χ3v) is 4.63. The highest BCUT2D eigenvalue weighted by molar-refractivity contribution is 7.98. The largest absolute Gasteiger partial charge is 0.372 e. The number of pyridine rings is 1. The smallest absolute Gasteiger partial charge is 0.237 e. The Labute approximate surface area is 160 Å². The summed E-state index contributed by atoms with van der Waals surface area (Å²) >= 11 is 1.69. The predicted octanol–water partition coefficient (Wildman–Crippen LogP) is 1.81. The summed E-state index contributed by atoms with van der Waals surface area (Å²) in [5, 5.41) is 2.87. The Morgan fingerprint density at radius 1 is 1.44 bits per heavy atom. The summed E-state index contributed by atoms with van der Waals surface area (Å²) in [5.41, 5.74) is 6.83. The number of hydrogen-bond acceptors (Lipinski definition) is 6. The van der Waals surface area contributed by atoms with Gasteiger partial charge in [-0.15, -0.1) is 12.4 Å². The zero-order valence-corrected chi connectivity index (χ0v) is 16.7. The first-order chi connectivity index (χ1) is 11.5. The van der Waals surface area contributed by atoms with Crippen LogP contribution < -0.4 is 16.0 Å². The number of aromatic nitrogens is 1. The highest BCUT2D eigenvalue weighted by Crippen LogP contribution is 2.18. The number of nitrogens with zero attached hydrogens (tertiary/aromatic N) is 2. The highest BCUT2D eigenvalue weighted by atomic mass is 35.5. The third kappa shape index (κ3) is 7.01. The molecule has 25 heavy (non-hydrogen) atoms. The van der Waals surface area contributed by atoms with Gasteiger partial charge in [-0.05, 0) is 43.9 Å². The van der Waals surface area contributed by atoms with Crippen molar-refractivity contribution in [3.63, 3.8) is 0 Å². The Morgan fingerprint density at radius 2 is 2.12 bits per heavy atom. The molecule has 1 aromatic rings. The number of nitrogens with one attached hydrogen (secondary N) is 1. The van der Waals surface area contributed by atoms with E-state index in [0.29, 0.717) is 13.0 Å². The standard InChI is InChI=1S/C17H28N4O2S.ClH/c1-12-10-21(11-13(2)23-12)16-5-4-14(8-19-16)9-20-17(22)15(18)6-7-24-3;/h4-5,8,12-13,15H,6-7,9-11,18H2,1-3H3,(H,20,22);1H. The van der Waals surface area contributed by atoms with Gasteiger partial charge in [-0.2, -0.15) is 11.8 Å². The average molecular weight is 389 g/mol. The van der Waals surface area contributed by atoms with Crippen LogP contribution in [0.1, 0.15) is 25.8 Å². The van der Waals surface area contributed by atoms with E-state index in [1.54, 1.807) is 11.8 Å². The SMILES string of the molecule is CSCCC(N)C(=O)NCc1ccc(N2CC(C)OC(C)C2)nc1.Cl. The average Bonchev–Trinajstić information content (AvgIpc) is 2.57. The predicted molar refractivity (Wildman–Crippen MR) is 107 cm³/mol. The summed E-state index contributed by atoms with van der Waals surface area (Å²) in [6.45, 7) is 6.30. The molecule has 1 aromatic heterocycles. The maximum absolute atomic E-state index is 11.9. The van der Waals surface area contributed by atoms with Gasteiger partial charge in [0.25, 0.3) is 0 Å². The van der Waals surface area contributed by atoms with Crippen LogP contribution in [0.4, 0.5) is 5.82 Å². The van der Waals surface area contributed by atoms with E-state index in [0.717, 1.165) is 30.2 Å². The van der Waals surface area contributed by atoms with Gasteiger partial charge >= 0.3 is 0 Å². The van der Waals surface area contributed by atoms with Crippen molar-refractivity contribution in [2.24, 2.45) is 5.73 Å². The summed E-state index contributed by atoms with van der Waals surface area (Å²) in [6, 6.07) is 3.56. The van der Waals surface area contributed by atoms with E-state index in [1.165, 1.54) is 0 Å². The van der Waals surface area contributed by atoms with Crippen LogP contribution in [-0.4, -0.2) is 54.2 Å². The quantitative estimate of drug-likeness (QED) is 0.741. The van der Waals surface area contributed by atoms with E-state index >= 15 is 0 Å². The monoisotopic (exact) mass is 388 g/mol. The number of carbonyl (C=O) groups excluding carboxylic acids is 1. The molecule has 3 unspecified atom stereocenters. The zero-order chi connectivity index (χ0) is 17.5. The van der Waals surface area contributed by atoms with Gasteiger partial charge in [0.1, 0.15) is 5.82 Å². The summed E-state index contributed by atoms with van der Waals surface area (Å²) < 4.78 is 5.75. The second-order valence-electron chi connectivity index (χ2n) is 6.29. The molecule has 0 spiro atoms. The fraction of sp³-hybridized carbons (Fsp3) is 0.647. The van der Waals surface area contributed by atoms with Crippen LogP contribution in [0.5, 0.6) is 0 Å². The Bertz CT molecular complexity index is 522. The lowest BCUT2D eigenvalue weighted by Gasteiger charge is -2.36. The Hall–Kier alpha value is -1.02. The first-order valence-electron chi connectivity index (χ1n) is 8.37. The number of nitrogens with two attached hydrogens (primary N) is 1. The van der Waals surface area contributed by atoms with Gasteiger partial charge in [-0.1, -0.05) is 6.07 Å². The molecule has 0 aromatic carbocycles. The first kappa shape index (κ1) is 22.0. The van der Waals surface area contributed by atoms with Crippen LogP contribution in [0.25, 0.3) is 0 Å². The molecule has 1 saturated heterocycles. The number of thioether (sulfide) groups is 1. The summed E-state index contributed by atoms with van der Waals surface area (Å²) in [6.07, 6.45) is 4.92. The molecule has 2 rings (SSSR count). The third-order valence-electron chi connectivity index (χ3n) is 3.99. The minimum Gasteiger partial charge on any atom is -0.372 e. The fourth-order valence-electron chi connectivity index (χ4n) is 2.77. The lowest BCUT2D eigenvalue weighted by Crippen LogP contribution is -2.45. The topological polar surface area (TPSA) is 80.5 Å². The first-order valence-corrected chi connectivity index (χ1v) is 9.76. The molecule has 3 atom stereocenters. The van der Waals surface area contributed by atoms with Crippen molar-refractivity contribution in [1.82, 2.24) is 10.3 Å². The molecule has 0 radical (unpaired) electrons. The van der Waals surface area contributed by atoms with E-state index in [1.807, 2.05) is 24.6 Å². The van der Waals surface area contributed by atoms with Crippen molar-refractivity contribution in [3.05, 3.63) is 23.9 Å². The molecule has 3 N–H and O–H groups in total. The number of morpholine rings is 1. The van der Waals surface area contributed by atoms with Gasteiger partial charge in [-0.25, -0.2) is 4.98 Å². The van der Waals surface area contributed by atoms with Gasteiger partial charge in [0.15, 0.2) is 0 Å². The molecule has 1 amide bonds. The van der Waals surface area contributed by atoms with Crippen molar-refractivity contribution >= 4 is 35.9 Å². The van der Waals surface area contributed by atoms with E-state index in [9.17, 15) is 4.79 Å². The van der Waals surface area contributed by atoms with Crippen LogP contribution in [-0.2, 0) is 16.1 Å². The van der Waals surface area contributed by atoms with Gasteiger partial charge < -0.3 is 20.7 Å². The molecule has 6 nitrogen and oxygen atoms in total. The number of hydrogen-bond donors (Lipinski definition) is 2. The molecule has 1 fully saturated rings. The Balaban J connectivity index is 0.00000312. The Morgan fingerprint density at radius 3 is 2.68 bits per heavy atom. The lowest BCUT2D eigenvalue weighted by atomic mass is 10.2. The molecule has 1 aliphatic rings. The molecule has 0 bridgehead atoms. The van der Waals surface area contributed by atoms with E-state index in [4.69, 9.17) is 10.5 Å². The molecule has 0 aliphatic carbocycles. The molecule has 8 heteroatoms. The van der Waals surface area contributed by atoms with E-state index in [2.05, 4.69) is 29.0 Å². The van der Waals surface area contributed by atoms with Crippen molar-refractivity contribution in [3.8, 4) is 0 Å². The number of carbonyl (C=O) groups is 1. The number of anilines is 1. The summed E-state index contributed by atoms with van der Waals surface area (Å²) in [7, 11) is 0. The normalized spacial score (nSPS) is 21.4. The Kier molecular flexibility index (Phi) is 9.56. The van der Waals surface area contributed by atoms with Crippen molar-refractivity contribution < 1.29 is 9.53 Å². The minimum absolute atomic E-state index is 0. The number of ether oxygens (including phenoxy) is 1. The van der Waals surface area contributed by atoms with Crippen molar-refractivity contribution in [1.29, 1.82) is 0 Å². The van der Waals surface area contributed by atoms with Crippen LogP contribution in [0.3, 0.4) is 0 Å². The van der Waals surface area contributed by atoms with Gasteiger partial charge in [0, 0.05) is 25.8 Å². The van der Waals surface area contributed by atoms with Crippen LogP contribution in [0, 0.1) is 0 Å². The van der Waals surface area contributed by atoms with E-state index in [-0.39, 0.29) is 30.5 Å². The second kappa shape index (κ2) is 10.9. The van der Waals surface area contributed by atoms with Gasteiger partial charge in [0.05, 0.1) is 18.2 Å². The number of rotatable bonds is 7. The fourth-order valence-corrected chi connectivity index (χ4v) is 3.26. The summed E-state index contributed by atoms with van der Waals surface area (Å²) in [5.74, 6) is 1.73. The summed E-state index contributed by atoms with van der Waals surface area (Å²) in [4.78, 5) is 18.7. The van der Waals surface area contributed by atoms with Crippen LogP contribution in [0.2, 0.25) is 0 Å². The van der Waals surface area contributed by atoms with Crippen molar-refractivity contribution in [2.75, 3.05) is 30.0 Å². The molecule has 0 saturated carbocycles. The number of halogens is 1. The van der Waals surface area contributed by atoms with Crippen LogP contribution in [0.15, 0.2) is 18.3 Å². The zero-order valence-electron chi connectivity index (χ0n) is 15.1. The maximum atomic E-state index is 11.9. The van der Waals surface area contributed by atoms with Crippen molar-refractivity contribution in [2.45, 2.75) is 45.1 Å². The molecule has 142 valence electrons. The highest BCUT2D eigenvalue weighted by Gasteiger charge is 2.23. The van der Waals surface area contributed by atoms with E-state index < -0.39 is 6.04 Å². The molecular formula is C17H29ClN4O2S. The van der Waals surface area contributed by atoms with Gasteiger partial charge in [-0.3, -0.25) is 4.79 Å². The minimum atomic E-state index is -0.444. The van der Waals surface area contributed by atoms with Gasteiger partial charge in [0.2, 0.25) is 5.91 Å². The number of amides is 1. The molecular weight excluding hydrogens is 360 g/mol. The molecule has 2 heterocycles. The molecule has 1 aliphatic heterocycles. The maximum Gasteiger partial charge on any atom is 0.237 e. The lowest BCUT2D eigenvalue weighted by molar-refractivity contribution is -0.122.